The molecule has 0 radical (unpaired) electrons. The highest BCUT2D eigenvalue weighted by atomic mass is 32.2. The summed E-state index contributed by atoms with van der Waals surface area (Å²) in [5.74, 6) is 1.67. The monoisotopic (exact) mass is 383 g/mol. The van der Waals surface area contributed by atoms with Gasteiger partial charge < -0.3 is 8.98 Å². The molecule has 0 bridgehead atoms. The van der Waals surface area contributed by atoms with Crippen LogP contribution in [0.2, 0.25) is 0 Å². The van der Waals surface area contributed by atoms with Crippen molar-refractivity contribution >= 4 is 22.1 Å². The van der Waals surface area contributed by atoms with Crippen LogP contribution in [0.25, 0.3) is 10.6 Å². The first-order chi connectivity index (χ1) is 12.8. The summed E-state index contributed by atoms with van der Waals surface area (Å²) >= 11 is 1.54. The third kappa shape index (κ3) is 4.00. The molecule has 0 N–H and O–H groups in total. The van der Waals surface area contributed by atoms with Gasteiger partial charge in [0.15, 0.2) is 0 Å². The molecule has 0 aliphatic heterocycles. The number of nitrogens with zero attached hydrogens (tertiary/aromatic N) is 3. The van der Waals surface area contributed by atoms with E-state index in [1.807, 2.05) is 40.4 Å². The smallest absolute Gasteiger partial charge is 0.126 e. The number of hydrogen-bond acceptors (Lipinski definition) is 5. The van der Waals surface area contributed by atoms with Gasteiger partial charge in [0.2, 0.25) is 0 Å². The Morgan fingerprint density at radius 3 is 2.85 bits per heavy atom. The molecule has 1 unspecified atom stereocenters. The molecule has 1 atom stereocenters. The van der Waals surface area contributed by atoms with Gasteiger partial charge in [-0.05, 0) is 11.6 Å². The van der Waals surface area contributed by atoms with Gasteiger partial charge in [-0.3, -0.25) is 4.21 Å². The maximum atomic E-state index is 12.6. The van der Waals surface area contributed by atoms with Crippen LogP contribution in [0, 0.1) is 0 Å². The van der Waals surface area contributed by atoms with Crippen molar-refractivity contribution in [3.63, 3.8) is 0 Å². The zero-order valence-electron chi connectivity index (χ0n) is 13.9. The molecule has 0 fully saturated rings. The minimum atomic E-state index is -1.06. The second-order valence-corrected chi connectivity index (χ2v) is 8.16. The number of aromatic nitrogens is 3. The van der Waals surface area contributed by atoms with Gasteiger partial charge in [-0.15, -0.1) is 11.3 Å². The molecule has 0 saturated carbocycles. The summed E-state index contributed by atoms with van der Waals surface area (Å²) in [7, 11) is -1.06. The van der Waals surface area contributed by atoms with Crippen molar-refractivity contribution in [2.75, 3.05) is 0 Å². The van der Waals surface area contributed by atoms with Crippen LogP contribution >= 0.6 is 11.3 Å². The van der Waals surface area contributed by atoms with Crippen molar-refractivity contribution in [2.45, 2.75) is 18.1 Å². The zero-order chi connectivity index (χ0) is 17.8. The molecule has 4 aromatic rings. The quantitative estimate of drug-likeness (QED) is 0.482. The second kappa shape index (κ2) is 7.80. The van der Waals surface area contributed by atoms with Crippen molar-refractivity contribution in [3.8, 4) is 10.6 Å². The molecule has 0 aliphatic rings. The number of imidazole rings is 1. The highest BCUT2D eigenvalue weighted by Gasteiger charge is 2.12. The molecule has 0 aliphatic carbocycles. The predicted molar refractivity (Wildman–Crippen MR) is 103 cm³/mol. The molecular weight excluding hydrogens is 366 g/mol. The maximum Gasteiger partial charge on any atom is 0.126 e. The molecule has 5 nitrogen and oxygen atoms in total. The molecule has 0 spiro atoms. The van der Waals surface area contributed by atoms with E-state index in [1.165, 1.54) is 16.9 Å². The van der Waals surface area contributed by atoms with Crippen molar-refractivity contribution in [2.24, 2.45) is 0 Å². The van der Waals surface area contributed by atoms with Crippen LogP contribution in [0.5, 0.6) is 0 Å². The average molecular weight is 383 g/mol. The summed E-state index contributed by atoms with van der Waals surface area (Å²) < 4.78 is 19.7. The van der Waals surface area contributed by atoms with Gasteiger partial charge in [0.25, 0.3) is 0 Å². The SMILES string of the molecule is O=S(Cc1csc(-c2ccoc2)n1)Cc1nccn1Cc1ccccc1. The van der Waals surface area contributed by atoms with E-state index in [9.17, 15) is 4.21 Å². The van der Waals surface area contributed by atoms with Gasteiger partial charge in [0, 0.05) is 40.7 Å². The molecular formula is C19H17N3O2S2. The molecule has 0 saturated heterocycles. The van der Waals surface area contributed by atoms with E-state index in [2.05, 4.69) is 22.1 Å². The highest BCUT2D eigenvalue weighted by molar-refractivity contribution is 7.83. The molecule has 3 heterocycles. The summed E-state index contributed by atoms with van der Waals surface area (Å²) in [4.78, 5) is 8.93. The predicted octanol–water partition coefficient (Wildman–Crippen LogP) is 4.10. The number of rotatable bonds is 7. The van der Waals surface area contributed by atoms with E-state index in [-0.39, 0.29) is 0 Å². The van der Waals surface area contributed by atoms with Crippen LogP contribution in [0.4, 0.5) is 0 Å². The first-order valence-corrected chi connectivity index (χ1v) is 10.5. The van der Waals surface area contributed by atoms with Crippen LogP contribution in [0.1, 0.15) is 17.1 Å². The van der Waals surface area contributed by atoms with E-state index >= 15 is 0 Å². The lowest BCUT2D eigenvalue weighted by Crippen LogP contribution is -2.08. The van der Waals surface area contributed by atoms with E-state index < -0.39 is 10.8 Å². The van der Waals surface area contributed by atoms with E-state index in [1.54, 1.807) is 18.7 Å². The molecule has 132 valence electrons. The van der Waals surface area contributed by atoms with E-state index in [0.29, 0.717) is 11.5 Å². The Bertz CT molecular complexity index is 991. The molecule has 3 aromatic heterocycles. The summed E-state index contributed by atoms with van der Waals surface area (Å²) in [6.45, 7) is 0.731. The van der Waals surface area contributed by atoms with Crippen molar-refractivity contribution in [1.82, 2.24) is 14.5 Å². The Hall–Kier alpha value is -2.51. The number of thiazole rings is 1. The fraction of sp³-hybridized carbons (Fsp3) is 0.158. The summed E-state index contributed by atoms with van der Waals surface area (Å²) in [5.41, 5.74) is 2.98. The Morgan fingerprint density at radius 1 is 1.15 bits per heavy atom. The Kier molecular flexibility index (Phi) is 5.08. The first kappa shape index (κ1) is 16.9. The van der Waals surface area contributed by atoms with Crippen molar-refractivity contribution in [1.29, 1.82) is 0 Å². The molecule has 4 rings (SSSR count). The van der Waals surface area contributed by atoms with Crippen LogP contribution < -0.4 is 0 Å². The van der Waals surface area contributed by atoms with Crippen molar-refractivity contribution < 1.29 is 8.63 Å². The Labute approximate surface area is 157 Å². The molecule has 1 aromatic carbocycles. The third-order valence-electron chi connectivity index (χ3n) is 3.92. The fourth-order valence-electron chi connectivity index (χ4n) is 2.66. The molecule has 7 heteroatoms. The van der Waals surface area contributed by atoms with Gasteiger partial charge in [0.05, 0.1) is 23.5 Å². The summed E-state index contributed by atoms with van der Waals surface area (Å²) in [6, 6.07) is 12.1. The van der Waals surface area contributed by atoms with Crippen LogP contribution in [0.15, 0.2) is 71.1 Å². The van der Waals surface area contributed by atoms with Crippen LogP contribution in [0.3, 0.4) is 0 Å². The normalized spacial score (nSPS) is 12.3. The maximum absolute atomic E-state index is 12.6. The Morgan fingerprint density at radius 2 is 2.04 bits per heavy atom. The first-order valence-electron chi connectivity index (χ1n) is 8.14. The largest absolute Gasteiger partial charge is 0.472 e. The van der Waals surface area contributed by atoms with Gasteiger partial charge >= 0.3 is 0 Å². The van der Waals surface area contributed by atoms with Gasteiger partial charge in [0.1, 0.15) is 17.1 Å². The topological polar surface area (TPSA) is 60.9 Å². The summed E-state index contributed by atoms with van der Waals surface area (Å²) in [5, 5.41) is 2.84. The fourth-order valence-corrected chi connectivity index (χ4v) is 4.68. The lowest BCUT2D eigenvalue weighted by atomic mass is 10.2. The zero-order valence-corrected chi connectivity index (χ0v) is 15.6. The minimum absolute atomic E-state index is 0.415. The van der Waals surface area contributed by atoms with Crippen LogP contribution in [-0.2, 0) is 28.9 Å². The number of benzene rings is 1. The standard InChI is InChI=1S/C19H17N3O2S2/c23-26(13-17-12-25-19(21-17)16-6-9-24-11-16)14-18-20-7-8-22(18)10-15-4-2-1-3-5-15/h1-9,11-12H,10,13-14H2. The lowest BCUT2D eigenvalue weighted by molar-refractivity contribution is 0.568. The van der Waals surface area contributed by atoms with E-state index in [4.69, 9.17) is 4.42 Å². The van der Waals surface area contributed by atoms with Crippen LogP contribution in [-0.4, -0.2) is 18.7 Å². The average Bonchev–Trinajstić information content (AvgIpc) is 3.38. The van der Waals surface area contributed by atoms with E-state index in [0.717, 1.165) is 28.6 Å². The summed E-state index contributed by atoms with van der Waals surface area (Å²) in [6.07, 6.45) is 6.98. The lowest BCUT2D eigenvalue weighted by Gasteiger charge is -2.07. The van der Waals surface area contributed by atoms with Gasteiger partial charge in [-0.2, -0.15) is 0 Å². The third-order valence-corrected chi connectivity index (χ3v) is 6.05. The second-order valence-electron chi connectivity index (χ2n) is 5.84. The highest BCUT2D eigenvalue weighted by Crippen LogP contribution is 2.24. The van der Waals surface area contributed by atoms with Gasteiger partial charge in [-0.25, -0.2) is 9.97 Å². The minimum Gasteiger partial charge on any atom is -0.472 e. The van der Waals surface area contributed by atoms with Gasteiger partial charge in [-0.1, -0.05) is 30.3 Å². The Balaban J connectivity index is 1.41. The molecule has 0 amide bonds. The number of hydrogen-bond donors (Lipinski definition) is 0. The molecule has 26 heavy (non-hydrogen) atoms. The van der Waals surface area contributed by atoms with Crippen molar-refractivity contribution in [3.05, 3.63) is 83.8 Å². The number of furan rings is 1.